The zero-order valence-electron chi connectivity index (χ0n) is 24.2. The van der Waals surface area contributed by atoms with E-state index in [9.17, 15) is 31.1 Å². The third kappa shape index (κ3) is 7.37. The van der Waals surface area contributed by atoms with Crippen LogP contribution in [-0.2, 0) is 6.42 Å². The summed E-state index contributed by atoms with van der Waals surface area (Å²) in [6, 6.07) is 12.5. The lowest BCUT2D eigenvalue weighted by Gasteiger charge is -2.24. The van der Waals surface area contributed by atoms with Crippen LogP contribution in [0.3, 0.4) is 0 Å². The lowest BCUT2D eigenvalue weighted by molar-refractivity contribution is -0.115. The lowest BCUT2D eigenvalue weighted by Crippen LogP contribution is -2.32. The second-order valence-corrected chi connectivity index (χ2v) is 11.2. The molecule has 5 N–H and O–H groups in total. The third-order valence-corrected chi connectivity index (χ3v) is 7.63. The molecule has 0 aliphatic carbocycles. The average molecular weight is 692 g/mol. The van der Waals surface area contributed by atoms with Crippen molar-refractivity contribution < 1.29 is 26.3 Å². The van der Waals surface area contributed by atoms with Crippen LogP contribution in [0.2, 0.25) is 5.02 Å². The number of aromatic nitrogens is 3. The highest BCUT2D eigenvalue weighted by atomic mass is 35.5. The van der Waals surface area contributed by atoms with Gasteiger partial charge in [-0.15, -0.1) is 0 Å². The number of nitrogens with zero attached hydrogens (tertiary/aromatic N) is 3. The zero-order chi connectivity index (χ0) is 34.0. The number of hydrogen-bond donors (Lipinski definition) is 4. The molecule has 0 aliphatic rings. The molecule has 1 atom stereocenters. The van der Waals surface area contributed by atoms with Crippen molar-refractivity contribution in [2.24, 2.45) is 5.73 Å². The highest BCUT2D eigenvalue weighted by molar-refractivity contribution is 7.97. The number of halogens is 7. The SMILES string of the molecule is CSNC(=N)c1c(Cl)ccc(-n2c(C(N)Cc3cc(F)cc(F)c3)nc3nc(-c4ccccc4F)ccc3c2=O)c1NCC(F)(F)F. The average Bonchev–Trinajstić information content (AvgIpc) is 2.99. The minimum absolute atomic E-state index is 0.0992. The summed E-state index contributed by atoms with van der Waals surface area (Å²) >= 11 is 7.37. The minimum Gasteiger partial charge on any atom is -0.374 e. The van der Waals surface area contributed by atoms with Gasteiger partial charge < -0.3 is 15.8 Å². The smallest absolute Gasteiger partial charge is 0.374 e. The Hall–Kier alpha value is -4.60. The summed E-state index contributed by atoms with van der Waals surface area (Å²) in [4.78, 5) is 23.1. The Bertz CT molecular complexity index is 2040. The van der Waals surface area contributed by atoms with Gasteiger partial charge in [-0.2, -0.15) is 13.2 Å². The predicted octanol–water partition coefficient (Wildman–Crippen LogP) is 6.93. The Morgan fingerprint density at radius 3 is 2.40 bits per heavy atom. The number of amidine groups is 1. The molecule has 16 heteroatoms. The van der Waals surface area contributed by atoms with Crippen molar-refractivity contribution in [1.29, 1.82) is 5.41 Å². The van der Waals surface area contributed by atoms with Gasteiger partial charge in [0.2, 0.25) is 0 Å². The maximum Gasteiger partial charge on any atom is 0.405 e. The predicted molar refractivity (Wildman–Crippen MR) is 171 cm³/mol. The van der Waals surface area contributed by atoms with Crippen LogP contribution < -0.4 is 21.3 Å². The van der Waals surface area contributed by atoms with Crippen molar-refractivity contribution in [2.75, 3.05) is 18.1 Å². The standard InChI is InChI=1S/C31H24ClF6N7OS/c1-47-44-27(40)25-20(32)7-9-24(26(25)41-14-31(36,37)38)45-29(22(39)12-15-10-16(33)13-17(34)11-15)43-28-19(30(45)46)6-8-23(42-28)18-4-2-3-5-21(18)35/h2-11,13,22,41H,12,14,39H2,1H3,(H2,40,44). The van der Waals surface area contributed by atoms with Crippen LogP contribution in [0, 0.1) is 22.9 Å². The molecule has 0 radical (unpaired) electrons. The van der Waals surface area contributed by atoms with Crippen molar-refractivity contribution >= 4 is 46.1 Å². The summed E-state index contributed by atoms with van der Waals surface area (Å²) in [7, 11) is 0. The summed E-state index contributed by atoms with van der Waals surface area (Å²) in [5.74, 6) is -2.97. The second-order valence-electron chi connectivity index (χ2n) is 10.2. The largest absolute Gasteiger partial charge is 0.405 e. The number of fused-ring (bicyclic) bond motifs is 1. The van der Waals surface area contributed by atoms with Crippen LogP contribution in [0.1, 0.15) is 23.0 Å². The van der Waals surface area contributed by atoms with Crippen LogP contribution in [-0.4, -0.2) is 39.3 Å². The van der Waals surface area contributed by atoms with Crippen molar-refractivity contribution in [3.63, 3.8) is 0 Å². The Morgan fingerprint density at radius 2 is 1.74 bits per heavy atom. The van der Waals surface area contributed by atoms with E-state index < -0.39 is 41.8 Å². The Morgan fingerprint density at radius 1 is 1.04 bits per heavy atom. The summed E-state index contributed by atoms with van der Waals surface area (Å²) in [5.41, 5.74) is 5.15. The van der Waals surface area contributed by atoms with E-state index in [1.807, 2.05) is 0 Å². The van der Waals surface area contributed by atoms with E-state index in [0.29, 0.717) is 6.07 Å². The van der Waals surface area contributed by atoms with Gasteiger partial charge in [-0.25, -0.2) is 23.1 Å². The van der Waals surface area contributed by atoms with Gasteiger partial charge in [0.15, 0.2) is 5.65 Å². The first-order chi connectivity index (χ1) is 22.3. The molecule has 47 heavy (non-hydrogen) atoms. The molecule has 1 unspecified atom stereocenters. The zero-order valence-corrected chi connectivity index (χ0v) is 25.8. The molecule has 2 aromatic heterocycles. The van der Waals surface area contributed by atoms with Crippen LogP contribution >= 0.6 is 23.5 Å². The summed E-state index contributed by atoms with van der Waals surface area (Å²) < 4.78 is 86.8. The van der Waals surface area contributed by atoms with Crippen LogP contribution in [0.5, 0.6) is 0 Å². The maximum absolute atomic E-state index is 14.6. The number of benzene rings is 3. The van der Waals surface area contributed by atoms with Crippen molar-refractivity contribution in [3.05, 3.63) is 117 Å². The summed E-state index contributed by atoms with van der Waals surface area (Å²) in [6.07, 6.45) is -3.40. The number of nitrogens with one attached hydrogen (secondary N) is 3. The van der Waals surface area contributed by atoms with E-state index in [0.717, 1.165) is 28.6 Å². The first-order valence-corrected chi connectivity index (χ1v) is 15.3. The van der Waals surface area contributed by atoms with Crippen molar-refractivity contribution in [2.45, 2.75) is 18.6 Å². The fraction of sp³-hybridized carbons (Fsp3) is 0.161. The molecular formula is C31H24ClF6N7OS. The van der Waals surface area contributed by atoms with Gasteiger partial charge in [0, 0.05) is 17.9 Å². The molecule has 8 nitrogen and oxygen atoms in total. The molecule has 5 aromatic rings. The monoisotopic (exact) mass is 691 g/mol. The van der Waals surface area contributed by atoms with E-state index in [4.69, 9.17) is 22.7 Å². The van der Waals surface area contributed by atoms with Gasteiger partial charge in [0.05, 0.1) is 39.1 Å². The maximum atomic E-state index is 14.6. The Labute approximate surface area is 272 Å². The molecular weight excluding hydrogens is 668 g/mol. The van der Waals surface area contributed by atoms with Gasteiger partial charge in [0.1, 0.15) is 35.7 Å². The van der Waals surface area contributed by atoms with Crippen molar-refractivity contribution in [3.8, 4) is 16.9 Å². The third-order valence-electron chi connectivity index (χ3n) is 6.91. The number of hydrogen-bond acceptors (Lipinski definition) is 7. The molecule has 2 heterocycles. The quantitative estimate of drug-likeness (QED) is 0.0573. The normalized spacial score (nSPS) is 12.3. The van der Waals surface area contributed by atoms with Gasteiger partial charge in [-0.05, 0) is 60.5 Å². The van der Waals surface area contributed by atoms with Crippen LogP contribution in [0.4, 0.5) is 32.0 Å². The number of nitrogens with two attached hydrogens (primary N) is 1. The van der Waals surface area contributed by atoms with E-state index in [1.54, 1.807) is 12.3 Å². The van der Waals surface area contributed by atoms with Crippen molar-refractivity contribution in [1.82, 2.24) is 19.3 Å². The molecule has 0 aliphatic heterocycles. The van der Waals surface area contributed by atoms with Gasteiger partial charge >= 0.3 is 6.18 Å². The first kappa shape index (κ1) is 33.8. The molecule has 3 aromatic carbocycles. The van der Waals surface area contributed by atoms with E-state index >= 15 is 0 Å². The number of pyridine rings is 1. The van der Waals surface area contributed by atoms with Crippen LogP contribution in [0.25, 0.3) is 28.0 Å². The Balaban J connectivity index is 1.80. The summed E-state index contributed by atoms with van der Waals surface area (Å²) in [6.45, 7) is -1.56. The highest BCUT2D eigenvalue weighted by Crippen LogP contribution is 2.34. The molecule has 0 bridgehead atoms. The molecule has 0 fully saturated rings. The van der Waals surface area contributed by atoms with Crippen LogP contribution in [0.15, 0.2) is 71.5 Å². The fourth-order valence-corrected chi connectivity index (χ4v) is 5.53. The molecule has 0 spiro atoms. The van der Waals surface area contributed by atoms with E-state index in [2.05, 4.69) is 20.0 Å². The summed E-state index contributed by atoms with van der Waals surface area (Å²) in [5, 5.41) is 10.5. The lowest BCUT2D eigenvalue weighted by atomic mass is 10.0. The number of alkyl halides is 3. The molecule has 0 amide bonds. The highest BCUT2D eigenvalue weighted by Gasteiger charge is 2.30. The minimum atomic E-state index is -4.72. The van der Waals surface area contributed by atoms with Gasteiger partial charge in [-0.3, -0.25) is 14.8 Å². The molecule has 5 rings (SSSR count). The molecule has 244 valence electrons. The van der Waals surface area contributed by atoms with E-state index in [-0.39, 0.29) is 67.9 Å². The number of anilines is 1. The Kier molecular flexibility index (Phi) is 9.79. The fourth-order valence-electron chi connectivity index (χ4n) is 4.98. The number of rotatable bonds is 9. The molecule has 0 saturated heterocycles. The topological polar surface area (TPSA) is 122 Å². The first-order valence-electron chi connectivity index (χ1n) is 13.7. The van der Waals surface area contributed by atoms with E-state index in [1.165, 1.54) is 42.5 Å². The van der Waals surface area contributed by atoms with Gasteiger partial charge in [0.25, 0.3) is 5.56 Å². The molecule has 0 saturated carbocycles. The second kappa shape index (κ2) is 13.6. The van der Waals surface area contributed by atoms with Gasteiger partial charge in [-0.1, -0.05) is 35.7 Å².